The molecule has 1 heterocycles. The van der Waals surface area contributed by atoms with Crippen LogP contribution in [-0.4, -0.2) is 35.3 Å². The highest BCUT2D eigenvalue weighted by atomic mass is 32.2. The van der Waals surface area contributed by atoms with Crippen molar-refractivity contribution in [2.24, 2.45) is 0 Å². The minimum absolute atomic E-state index is 0.0322. The van der Waals surface area contributed by atoms with Gasteiger partial charge in [0.05, 0.1) is 10.8 Å². The number of aromatic nitrogens is 1. The molecule has 0 saturated heterocycles. The zero-order valence-corrected chi connectivity index (χ0v) is 13.8. The van der Waals surface area contributed by atoms with Gasteiger partial charge in [-0.05, 0) is 39.7 Å². The molecule has 0 atom stereocenters. The van der Waals surface area contributed by atoms with E-state index >= 15 is 0 Å². The van der Waals surface area contributed by atoms with Crippen molar-refractivity contribution < 1.29 is 17.9 Å². The first kappa shape index (κ1) is 16.7. The van der Waals surface area contributed by atoms with E-state index in [2.05, 4.69) is 9.82 Å². The fourth-order valence-corrected chi connectivity index (χ4v) is 3.23. The molecule has 8 heteroatoms. The van der Waals surface area contributed by atoms with Crippen molar-refractivity contribution in [3.8, 4) is 0 Å². The van der Waals surface area contributed by atoms with Crippen LogP contribution in [0.4, 0.5) is 4.79 Å². The summed E-state index contributed by atoms with van der Waals surface area (Å²) < 4.78 is 29.3. The van der Waals surface area contributed by atoms with Crippen LogP contribution in [0.25, 0.3) is 0 Å². The zero-order valence-electron chi connectivity index (χ0n) is 12.9. The van der Waals surface area contributed by atoms with Gasteiger partial charge in [-0.15, -0.1) is 4.83 Å². The third kappa shape index (κ3) is 4.41. The number of sulfonamides is 1. The number of amides is 1. The van der Waals surface area contributed by atoms with E-state index in [1.54, 1.807) is 45.3 Å². The standard InChI is InChI=1S/C14H21N3O4S/c1-14(2,3)17(16-22(19,20)12-6-7-12)13(18)21-10-11-5-4-8-15-9-11/h4-5,8-9,12,16H,6-7,10H2,1-3H3. The lowest BCUT2D eigenvalue weighted by Crippen LogP contribution is -2.56. The molecule has 0 radical (unpaired) electrons. The van der Waals surface area contributed by atoms with Crippen LogP contribution in [0.15, 0.2) is 24.5 Å². The summed E-state index contributed by atoms with van der Waals surface area (Å²) in [5.74, 6) is 0. The van der Waals surface area contributed by atoms with Crippen LogP contribution in [0.2, 0.25) is 0 Å². The molecule has 0 aliphatic heterocycles. The van der Waals surface area contributed by atoms with Crippen molar-refractivity contribution in [2.75, 3.05) is 0 Å². The molecule has 1 aliphatic rings. The number of carbonyl (C=O) groups is 1. The Morgan fingerprint density at radius 1 is 1.45 bits per heavy atom. The van der Waals surface area contributed by atoms with Crippen LogP contribution in [0.5, 0.6) is 0 Å². The van der Waals surface area contributed by atoms with Crippen molar-refractivity contribution in [3.05, 3.63) is 30.1 Å². The molecule has 7 nitrogen and oxygen atoms in total. The van der Waals surface area contributed by atoms with Crippen molar-refractivity contribution in [1.82, 2.24) is 14.8 Å². The third-order valence-electron chi connectivity index (χ3n) is 3.12. The first-order valence-electron chi connectivity index (χ1n) is 7.07. The summed E-state index contributed by atoms with van der Waals surface area (Å²) in [7, 11) is -3.53. The van der Waals surface area contributed by atoms with Crippen LogP contribution in [0.1, 0.15) is 39.2 Å². The monoisotopic (exact) mass is 327 g/mol. The summed E-state index contributed by atoms with van der Waals surface area (Å²) in [4.78, 5) is 18.5. The quantitative estimate of drug-likeness (QED) is 0.833. The maximum Gasteiger partial charge on any atom is 0.425 e. The molecule has 0 unspecified atom stereocenters. The number of hydrogen-bond acceptors (Lipinski definition) is 5. The van der Waals surface area contributed by atoms with Gasteiger partial charge < -0.3 is 4.74 Å². The lowest BCUT2D eigenvalue weighted by atomic mass is 10.1. The molecule has 1 aromatic rings. The molecule has 1 fully saturated rings. The summed E-state index contributed by atoms with van der Waals surface area (Å²) >= 11 is 0. The minimum atomic E-state index is -3.53. The average Bonchev–Trinajstić information content (AvgIpc) is 3.27. The van der Waals surface area contributed by atoms with E-state index in [9.17, 15) is 13.2 Å². The highest BCUT2D eigenvalue weighted by Gasteiger charge is 2.40. The molecule has 0 spiro atoms. The maximum absolute atomic E-state index is 12.2. The van der Waals surface area contributed by atoms with E-state index in [0.717, 1.165) is 10.6 Å². The van der Waals surface area contributed by atoms with Crippen molar-refractivity contribution in [1.29, 1.82) is 0 Å². The van der Waals surface area contributed by atoms with Crippen molar-refractivity contribution in [2.45, 2.75) is 51.0 Å². The first-order chi connectivity index (χ1) is 10.2. The summed E-state index contributed by atoms with van der Waals surface area (Å²) in [6, 6.07) is 3.51. The maximum atomic E-state index is 12.2. The number of rotatable bonds is 5. The summed E-state index contributed by atoms with van der Waals surface area (Å²) in [6.07, 6.45) is 3.72. The Morgan fingerprint density at radius 3 is 2.64 bits per heavy atom. The minimum Gasteiger partial charge on any atom is -0.444 e. The third-order valence-corrected chi connectivity index (χ3v) is 4.91. The first-order valence-corrected chi connectivity index (χ1v) is 8.62. The topological polar surface area (TPSA) is 88.6 Å². The summed E-state index contributed by atoms with van der Waals surface area (Å²) in [5, 5.41) is 0.611. The van der Waals surface area contributed by atoms with Gasteiger partial charge in [-0.1, -0.05) is 6.07 Å². The molecule has 1 aliphatic carbocycles. The molecule has 0 bridgehead atoms. The van der Waals surface area contributed by atoms with E-state index in [0.29, 0.717) is 12.8 Å². The summed E-state index contributed by atoms with van der Waals surface area (Å²) in [6.45, 7) is 5.22. The fourth-order valence-electron chi connectivity index (χ4n) is 1.72. The second-order valence-corrected chi connectivity index (χ2v) is 8.20. The number of nitrogens with zero attached hydrogens (tertiary/aromatic N) is 2. The van der Waals surface area contributed by atoms with Gasteiger partial charge in [-0.25, -0.2) is 18.2 Å². The lowest BCUT2D eigenvalue weighted by molar-refractivity contribution is 0.0510. The van der Waals surface area contributed by atoms with Crippen LogP contribution < -0.4 is 4.83 Å². The van der Waals surface area contributed by atoms with E-state index in [1.807, 2.05) is 0 Å². The summed E-state index contributed by atoms with van der Waals surface area (Å²) in [5.41, 5.74) is -0.0108. The molecular weight excluding hydrogens is 306 g/mol. The smallest absolute Gasteiger partial charge is 0.425 e. The molecule has 22 heavy (non-hydrogen) atoms. The van der Waals surface area contributed by atoms with Gasteiger partial charge in [-0.2, -0.15) is 0 Å². The van der Waals surface area contributed by atoms with E-state index in [-0.39, 0.29) is 6.61 Å². The molecule has 0 aromatic carbocycles. The highest BCUT2D eigenvalue weighted by Crippen LogP contribution is 2.28. The average molecular weight is 327 g/mol. The Balaban J connectivity index is 2.03. The molecule has 1 saturated carbocycles. The zero-order chi connectivity index (χ0) is 16.4. The molecule has 1 aromatic heterocycles. The number of hydrogen-bond donors (Lipinski definition) is 1. The fraction of sp³-hybridized carbons (Fsp3) is 0.571. The van der Waals surface area contributed by atoms with E-state index in [1.165, 1.54) is 0 Å². The van der Waals surface area contributed by atoms with Gasteiger partial charge in [0.1, 0.15) is 6.61 Å². The number of pyridine rings is 1. The lowest BCUT2D eigenvalue weighted by Gasteiger charge is -2.34. The highest BCUT2D eigenvalue weighted by molar-refractivity contribution is 7.90. The van der Waals surface area contributed by atoms with Crippen LogP contribution in [-0.2, 0) is 21.4 Å². The molecule has 1 N–H and O–H groups in total. The van der Waals surface area contributed by atoms with Gasteiger partial charge in [-0.3, -0.25) is 4.98 Å². The number of carbonyl (C=O) groups excluding carboxylic acids is 1. The Bertz CT molecular complexity index is 621. The normalized spacial score (nSPS) is 15.4. The van der Waals surface area contributed by atoms with Gasteiger partial charge in [0, 0.05) is 18.0 Å². The van der Waals surface area contributed by atoms with Gasteiger partial charge in [0.15, 0.2) is 0 Å². The van der Waals surface area contributed by atoms with Gasteiger partial charge >= 0.3 is 6.09 Å². The molecule has 2 rings (SSSR count). The second kappa shape index (κ2) is 6.21. The van der Waals surface area contributed by atoms with Crippen molar-refractivity contribution >= 4 is 16.1 Å². The Kier molecular flexibility index (Phi) is 4.72. The predicted molar refractivity (Wildman–Crippen MR) is 81.1 cm³/mol. The SMILES string of the molecule is CC(C)(C)N(NS(=O)(=O)C1CC1)C(=O)OCc1cccnc1. The van der Waals surface area contributed by atoms with Crippen LogP contribution in [0, 0.1) is 0 Å². The molecule has 122 valence electrons. The number of nitrogens with one attached hydrogen (secondary N) is 1. The van der Waals surface area contributed by atoms with Crippen LogP contribution in [0.3, 0.4) is 0 Å². The Morgan fingerprint density at radius 2 is 2.14 bits per heavy atom. The second-order valence-electron chi connectivity index (χ2n) is 6.26. The Labute approximate surface area is 130 Å². The molecule has 1 amide bonds. The predicted octanol–water partition coefficient (Wildman–Crippen LogP) is 1.82. The number of hydrazine groups is 1. The number of ether oxygens (including phenoxy) is 1. The van der Waals surface area contributed by atoms with Crippen molar-refractivity contribution in [3.63, 3.8) is 0 Å². The van der Waals surface area contributed by atoms with E-state index in [4.69, 9.17) is 4.74 Å². The Hall–Kier alpha value is -1.67. The van der Waals surface area contributed by atoms with E-state index < -0.39 is 26.9 Å². The van der Waals surface area contributed by atoms with Gasteiger partial charge in [0.2, 0.25) is 10.0 Å². The van der Waals surface area contributed by atoms with Crippen LogP contribution >= 0.6 is 0 Å². The molecular formula is C14H21N3O4S. The largest absolute Gasteiger partial charge is 0.444 e. The van der Waals surface area contributed by atoms with Gasteiger partial charge in [0.25, 0.3) is 0 Å².